The van der Waals surface area contributed by atoms with Crippen LogP contribution in [0, 0.1) is 18.3 Å². The normalized spacial score (nSPS) is 14.0. The monoisotopic (exact) mass is 560 g/mol. The van der Waals surface area contributed by atoms with Crippen molar-refractivity contribution in [2.24, 2.45) is 7.05 Å². The van der Waals surface area contributed by atoms with Crippen molar-refractivity contribution in [1.29, 1.82) is 5.26 Å². The van der Waals surface area contributed by atoms with Gasteiger partial charge < -0.3 is 14.8 Å². The lowest BCUT2D eigenvalue weighted by atomic mass is 10.0. The summed E-state index contributed by atoms with van der Waals surface area (Å²) in [6.45, 7) is 2.58. The maximum absolute atomic E-state index is 13.3. The summed E-state index contributed by atoms with van der Waals surface area (Å²) in [7, 11) is 4.78. The second-order valence-electron chi connectivity index (χ2n) is 8.86. The highest BCUT2D eigenvalue weighted by Crippen LogP contribution is 2.36. The van der Waals surface area contributed by atoms with E-state index in [1.165, 1.54) is 16.3 Å². The fourth-order valence-electron chi connectivity index (χ4n) is 4.34. The van der Waals surface area contributed by atoms with Gasteiger partial charge >= 0.3 is 0 Å². The second-order valence-corrected chi connectivity index (χ2v) is 10.5. The number of rotatable bonds is 9. The van der Waals surface area contributed by atoms with Crippen LogP contribution in [0.1, 0.15) is 27.8 Å². The van der Waals surface area contributed by atoms with Crippen LogP contribution in [0.15, 0.2) is 58.2 Å². The molecule has 1 amide bonds. The molecule has 3 aromatic rings. The number of hydrogen-bond donors (Lipinski definition) is 1. The molecular formula is C29H28N4O4S2. The van der Waals surface area contributed by atoms with Crippen molar-refractivity contribution in [1.82, 2.24) is 9.47 Å². The largest absolute Gasteiger partial charge is 0.493 e. The van der Waals surface area contributed by atoms with Gasteiger partial charge in [-0.1, -0.05) is 60.4 Å². The minimum Gasteiger partial charge on any atom is -0.493 e. The van der Waals surface area contributed by atoms with Crippen LogP contribution in [0.5, 0.6) is 11.5 Å². The number of thiocarbonyl (C=S) groups is 1. The van der Waals surface area contributed by atoms with Crippen molar-refractivity contribution in [3.8, 4) is 17.6 Å². The number of nitrogens with zero attached hydrogens (tertiary/aromatic N) is 3. The molecule has 1 saturated heterocycles. The molecular weight excluding hydrogens is 532 g/mol. The van der Waals surface area contributed by atoms with Crippen molar-refractivity contribution in [3.05, 3.63) is 91.6 Å². The highest BCUT2D eigenvalue weighted by Gasteiger charge is 2.32. The van der Waals surface area contributed by atoms with Gasteiger partial charge in [0.2, 0.25) is 0 Å². The maximum Gasteiger partial charge on any atom is 0.270 e. The number of pyridine rings is 1. The van der Waals surface area contributed by atoms with E-state index >= 15 is 0 Å². The van der Waals surface area contributed by atoms with Crippen molar-refractivity contribution in [2.75, 3.05) is 26.1 Å². The molecule has 4 rings (SSSR count). The zero-order chi connectivity index (χ0) is 28.1. The van der Waals surface area contributed by atoms with Gasteiger partial charge in [0, 0.05) is 19.2 Å². The minimum atomic E-state index is -0.405. The quantitative estimate of drug-likeness (QED) is 0.299. The molecule has 0 bridgehead atoms. The van der Waals surface area contributed by atoms with Crippen LogP contribution < -0.4 is 20.3 Å². The molecule has 0 radical (unpaired) electrons. The van der Waals surface area contributed by atoms with Crippen molar-refractivity contribution in [2.45, 2.75) is 19.9 Å². The second kappa shape index (κ2) is 12.2. The zero-order valence-electron chi connectivity index (χ0n) is 22.1. The van der Waals surface area contributed by atoms with Gasteiger partial charge in [-0.25, -0.2) is 0 Å². The third kappa shape index (κ3) is 5.85. The van der Waals surface area contributed by atoms with E-state index in [0.717, 1.165) is 11.1 Å². The minimum absolute atomic E-state index is 0.0361. The summed E-state index contributed by atoms with van der Waals surface area (Å²) in [4.78, 5) is 28.3. The number of nitriles is 1. The van der Waals surface area contributed by atoms with Gasteiger partial charge in [0.25, 0.3) is 11.5 Å². The van der Waals surface area contributed by atoms with E-state index in [2.05, 4.69) is 5.32 Å². The Bertz CT molecular complexity index is 1560. The number of thioether (sulfide) groups is 1. The number of hydrogen-bond acceptors (Lipinski definition) is 8. The van der Waals surface area contributed by atoms with Crippen molar-refractivity contribution >= 4 is 46.1 Å². The van der Waals surface area contributed by atoms with Crippen LogP contribution in [0.25, 0.3) is 6.08 Å². The van der Waals surface area contributed by atoms with Crippen LogP contribution >= 0.6 is 24.0 Å². The number of methoxy groups -OCH3 is 2. The smallest absolute Gasteiger partial charge is 0.270 e. The van der Waals surface area contributed by atoms with Gasteiger partial charge in [0.1, 0.15) is 21.8 Å². The maximum atomic E-state index is 13.3. The van der Waals surface area contributed by atoms with Crippen LogP contribution in [0.3, 0.4) is 0 Å². The molecule has 39 heavy (non-hydrogen) atoms. The Kier molecular flexibility index (Phi) is 8.74. The SMILES string of the molecule is COc1ccc(CCNc2c(/C=C3/SC(=S)N(Cc4ccccc4)C3=O)c(C)c(C#N)c(=O)n2C)cc1OC. The van der Waals surface area contributed by atoms with E-state index in [0.29, 0.717) is 57.2 Å². The fraction of sp³-hybridized carbons (Fsp3) is 0.241. The summed E-state index contributed by atoms with van der Waals surface area (Å²) in [5.41, 5.74) is 2.71. The van der Waals surface area contributed by atoms with E-state index in [-0.39, 0.29) is 11.5 Å². The zero-order valence-corrected chi connectivity index (χ0v) is 23.7. The first-order chi connectivity index (χ1) is 18.8. The standard InChI is InChI=1S/C29H28N4O4S2/c1-18-21(15-25-28(35)33(29(38)39-25)17-20-8-6-5-7-9-20)26(32(2)27(34)22(18)16-30)31-13-12-19-10-11-23(36-3)24(14-19)37-4/h5-11,14-15,31H,12-13,17H2,1-4H3/b25-15+. The summed E-state index contributed by atoms with van der Waals surface area (Å²) >= 11 is 6.73. The first kappa shape index (κ1) is 28.0. The predicted octanol–water partition coefficient (Wildman–Crippen LogP) is 4.64. The Balaban J connectivity index is 1.65. The number of benzene rings is 2. The summed E-state index contributed by atoms with van der Waals surface area (Å²) < 4.78 is 12.6. The molecule has 1 aromatic heterocycles. The number of ether oxygens (including phenoxy) is 2. The first-order valence-corrected chi connectivity index (χ1v) is 13.4. The number of anilines is 1. The Labute approximate surface area is 236 Å². The highest BCUT2D eigenvalue weighted by atomic mass is 32.2. The Morgan fingerprint density at radius 3 is 2.46 bits per heavy atom. The molecule has 0 saturated carbocycles. The average molecular weight is 561 g/mol. The molecule has 1 aliphatic heterocycles. The number of carbonyl (C=O) groups is 1. The van der Waals surface area contributed by atoms with Gasteiger partial charge in [0.15, 0.2) is 11.5 Å². The Morgan fingerprint density at radius 2 is 1.79 bits per heavy atom. The summed E-state index contributed by atoms with van der Waals surface area (Å²) in [5, 5.41) is 13.0. The Morgan fingerprint density at radius 1 is 1.08 bits per heavy atom. The van der Waals surface area contributed by atoms with E-state index < -0.39 is 5.56 Å². The average Bonchev–Trinajstić information content (AvgIpc) is 3.21. The van der Waals surface area contributed by atoms with Crippen LogP contribution in [0.2, 0.25) is 0 Å². The van der Waals surface area contributed by atoms with E-state index in [1.807, 2.05) is 54.6 Å². The lowest BCUT2D eigenvalue weighted by Gasteiger charge is -2.18. The number of aromatic nitrogens is 1. The molecule has 2 heterocycles. The summed E-state index contributed by atoms with van der Waals surface area (Å²) in [6, 6.07) is 17.4. The van der Waals surface area contributed by atoms with E-state index in [4.69, 9.17) is 21.7 Å². The Hall–Kier alpha value is -4.07. The molecule has 0 aliphatic carbocycles. The van der Waals surface area contributed by atoms with E-state index in [1.54, 1.807) is 39.2 Å². The highest BCUT2D eigenvalue weighted by molar-refractivity contribution is 8.26. The summed E-state index contributed by atoms with van der Waals surface area (Å²) in [5.74, 6) is 1.59. The fourth-order valence-corrected chi connectivity index (χ4v) is 5.58. The number of nitrogens with one attached hydrogen (secondary N) is 1. The van der Waals surface area contributed by atoms with E-state index in [9.17, 15) is 14.9 Å². The third-order valence-electron chi connectivity index (χ3n) is 6.49. The molecule has 0 atom stereocenters. The van der Waals surface area contributed by atoms with Crippen LogP contribution in [0.4, 0.5) is 5.82 Å². The first-order valence-electron chi connectivity index (χ1n) is 12.2. The molecule has 200 valence electrons. The van der Waals surface area contributed by atoms with Gasteiger partial charge in [-0.15, -0.1) is 0 Å². The van der Waals surface area contributed by atoms with Crippen LogP contribution in [-0.4, -0.2) is 40.5 Å². The van der Waals surface area contributed by atoms with Crippen molar-refractivity contribution in [3.63, 3.8) is 0 Å². The molecule has 1 N–H and O–H groups in total. The molecule has 10 heteroatoms. The molecule has 0 unspecified atom stereocenters. The van der Waals surface area contributed by atoms with Crippen molar-refractivity contribution < 1.29 is 14.3 Å². The number of carbonyl (C=O) groups excluding carboxylic acids is 1. The lowest BCUT2D eigenvalue weighted by molar-refractivity contribution is -0.122. The van der Waals surface area contributed by atoms with Gasteiger partial charge in [-0.05, 0) is 48.2 Å². The third-order valence-corrected chi connectivity index (χ3v) is 7.86. The number of amides is 1. The molecule has 1 aliphatic rings. The predicted molar refractivity (Wildman–Crippen MR) is 158 cm³/mol. The van der Waals surface area contributed by atoms with Gasteiger partial charge in [-0.3, -0.25) is 19.1 Å². The lowest BCUT2D eigenvalue weighted by Crippen LogP contribution is -2.27. The molecule has 1 fully saturated rings. The molecule has 8 nitrogen and oxygen atoms in total. The molecule has 2 aromatic carbocycles. The van der Waals surface area contributed by atoms with Crippen LogP contribution in [-0.2, 0) is 24.8 Å². The summed E-state index contributed by atoms with van der Waals surface area (Å²) in [6.07, 6.45) is 2.35. The topological polar surface area (TPSA) is 96.6 Å². The van der Waals surface area contributed by atoms with Gasteiger partial charge in [0.05, 0.1) is 25.7 Å². The van der Waals surface area contributed by atoms with Gasteiger partial charge in [-0.2, -0.15) is 5.26 Å². The molecule has 0 spiro atoms.